The van der Waals surface area contributed by atoms with Crippen LogP contribution in [0.3, 0.4) is 0 Å². The summed E-state index contributed by atoms with van der Waals surface area (Å²) in [5, 5.41) is 3.43. The molecule has 0 radical (unpaired) electrons. The minimum Gasteiger partial charge on any atom is -0.464 e. The van der Waals surface area contributed by atoms with Gasteiger partial charge in [-0.25, -0.2) is 9.78 Å². The number of benzene rings is 1. The molecule has 0 bridgehead atoms. The van der Waals surface area contributed by atoms with Gasteiger partial charge in [-0.1, -0.05) is 29.8 Å². The van der Waals surface area contributed by atoms with Crippen molar-refractivity contribution in [2.24, 2.45) is 0 Å². The minimum absolute atomic E-state index is 0.151. The molecule has 1 aromatic carbocycles. The number of hydrogen-bond acceptors (Lipinski definition) is 4. The maximum absolute atomic E-state index is 12.2. The third-order valence-electron chi connectivity index (χ3n) is 3.14. The Labute approximate surface area is 133 Å². The molecule has 1 unspecified atom stereocenters. The number of rotatable bonds is 4. The molecule has 0 aliphatic heterocycles. The third kappa shape index (κ3) is 3.62. The molecule has 114 valence electrons. The average molecular weight is 319 g/mol. The number of methoxy groups -OCH3 is 1. The van der Waals surface area contributed by atoms with Gasteiger partial charge in [0.05, 0.1) is 18.7 Å². The fraction of sp³-hybridized carbons (Fsp3) is 0.188. The van der Waals surface area contributed by atoms with Crippen LogP contribution in [0.5, 0.6) is 0 Å². The van der Waals surface area contributed by atoms with E-state index in [0.717, 1.165) is 5.56 Å². The first-order chi connectivity index (χ1) is 10.5. The third-order valence-corrected chi connectivity index (χ3v) is 3.48. The zero-order chi connectivity index (χ0) is 16.1. The highest BCUT2D eigenvalue weighted by Gasteiger charge is 2.15. The molecule has 0 aliphatic carbocycles. The van der Waals surface area contributed by atoms with Gasteiger partial charge in [-0.15, -0.1) is 0 Å². The minimum atomic E-state index is -0.545. The summed E-state index contributed by atoms with van der Waals surface area (Å²) in [7, 11) is 1.27. The van der Waals surface area contributed by atoms with Crippen LogP contribution in [0.15, 0.2) is 42.6 Å². The summed E-state index contributed by atoms with van der Waals surface area (Å²) in [5.74, 6) is -0.840. The standard InChI is InChI=1S/C16H15ClN2O3/c1-10(12-5-3-4-6-13(12)17)19-15(20)11-7-8-14(18-9-11)16(21)22-2/h3-10H,1-2H3,(H,19,20). The molecule has 0 saturated heterocycles. The highest BCUT2D eigenvalue weighted by atomic mass is 35.5. The van der Waals surface area contributed by atoms with E-state index in [0.29, 0.717) is 10.6 Å². The average Bonchev–Trinajstić information content (AvgIpc) is 2.54. The van der Waals surface area contributed by atoms with Gasteiger partial charge in [0.1, 0.15) is 5.69 Å². The lowest BCUT2D eigenvalue weighted by Gasteiger charge is -2.15. The van der Waals surface area contributed by atoms with E-state index in [2.05, 4.69) is 15.0 Å². The first-order valence-electron chi connectivity index (χ1n) is 6.62. The number of esters is 1. The predicted molar refractivity (Wildman–Crippen MR) is 82.9 cm³/mol. The Bertz CT molecular complexity index is 686. The van der Waals surface area contributed by atoms with Crippen LogP contribution in [-0.4, -0.2) is 24.0 Å². The molecular formula is C16H15ClN2O3. The van der Waals surface area contributed by atoms with Gasteiger partial charge in [-0.2, -0.15) is 0 Å². The van der Waals surface area contributed by atoms with Crippen LogP contribution in [-0.2, 0) is 4.74 Å². The normalized spacial score (nSPS) is 11.6. The summed E-state index contributed by atoms with van der Waals surface area (Å²) in [4.78, 5) is 27.4. The number of aromatic nitrogens is 1. The second-order valence-electron chi connectivity index (χ2n) is 4.64. The Morgan fingerprint density at radius 1 is 1.23 bits per heavy atom. The predicted octanol–water partition coefficient (Wildman–Crippen LogP) is 3.01. The molecular weight excluding hydrogens is 304 g/mol. The van der Waals surface area contributed by atoms with Crippen LogP contribution in [0.4, 0.5) is 0 Å². The number of hydrogen-bond donors (Lipinski definition) is 1. The maximum atomic E-state index is 12.2. The molecule has 1 atom stereocenters. The summed E-state index contributed by atoms with van der Waals surface area (Å²) in [6.45, 7) is 1.84. The van der Waals surface area contributed by atoms with Gasteiger partial charge in [0.2, 0.25) is 0 Å². The van der Waals surface area contributed by atoms with Crippen molar-refractivity contribution in [2.75, 3.05) is 7.11 Å². The molecule has 0 spiro atoms. The molecule has 0 saturated carbocycles. The summed E-state index contributed by atoms with van der Waals surface area (Å²) in [5.41, 5.74) is 1.33. The highest BCUT2D eigenvalue weighted by molar-refractivity contribution is 6.31. The molecule has 1 aromatic heterocycles. The van der Waals surface area contributed by atoms with Gasteiger partial charge in [-0.05, 0) is 30.7 Å². The van der Waals surface area contributed by atoms with Gasteiger partial charge in [-0.3, -0.25) is 4.79 Å². The van der Waals surface area contributed by atoms with E-state index in [4.69, 9.17) is 11.6 Å². The zero-order valence-electron chi connectivity index (χ0n) is 12.2. The number of nitrogens with zero attached hydrogens (tertiary/aromatic N) is 1. The molecule has 1 amide bonds. The lowest BCUT2D eigenvalue weighted by Crippen LogP contribution is -2.27. The Kier molecular flexibility index (Phi) is 5.12. The molecule has 2 aromatic rings. The number of ether oxygens (including phenoxy) is 1. The number of amides is 1. The van der Waals surface area contributed by atoms with Gasteiger partial charge in [0, 0.05) is 11.2 Å². The lowest BCUT2D eigenvalue weighted by atomic mass is 10.1. The van der Waals surface area contributed by atoms with Gasteiger partial charge in [0.15, 0.2) is 0 Å². The number of carbonyl (C=O) groups excluding carboxylic acids is 2. The monoisotopic (exact) mass is 318 g/mol. The Balaban J connectivity index is 2.09. The summed E-state index contributed by atoms with van der Waals surface area (Å²) in [6, 6.07) is 10.0. The molecule has 1 heterocycles. The molecule has 0 fully saturated rings. The molecule has 5 nitrogen and oxygen atoms in total. The van der Waals surface area contributed by atoms with Crippen LogP contribution in [0.1, 0.15) is 39.4 Å². The largest absolute Gasteiger partial charge is 0.464 e. The lowest BCUT2D eigenvalue weighted by molar-refractivity contribution is 0.0593. The van der Waals surface area contributed by atoms with Crippen molar-refractivity contribution < 1.29 is 14.3 Å². The van der Waals surface area contributed by atoms with Gasteiger partial charge >= 0.3 is 5.97 Å². The van der Waals surface area contributed by atoms with Crippen molar-refractivity contribution in [3.8, 4) is 0 Å². The summed E-state index contributed by atoms with van der Waals surface area (Å²) < 4.78 is 4.56. The smallest absolute Gasteiger partial charge is 0.356 e. The van der Waals surface area contributed by atoms with Crippen molar-refractivity contribution in [3.63, 3.8) is 0 Å². The second-order valence-corrected chi connectivity index (χ2v) is 5.05. The van der Waals surface area contributed by atoms with E-state index in [9.17, 15) is 9.59 Å². The van der Waals surface area contributed by atoms with Gasteiger partial charge in [0.25, 0.3) is 5.91 Å². The molecule has 6 heteroatoms. The van der Waals surface area contributed by atoms with Crippen LogP contribution in [0.2, 0.25) is 5.02 Å². The van der Waals surface area contributed by atoms with Crippen molar-refractivity contribution in [3.05, 3.63) is 64.4 Å². The Morgan fingerprint density at radius 3 is 2.55 bits per heavy atom. The van der Waals surface area contributed by atoms with Crippen molar-refractivity contribution in [1.29, 1.82) is 0 Å². The fourth-order valence-electron chi connectivity index (χ4n) is 1.94. The highest BCUT2D eigenvalue weighted by Crippen LogP contribution is 2.22. The van der Waals surface area contributed by atoms with Crippen LogP contribution in [0.25, 0.3) is 0 Å². The molecule has 0 aliphatic rings. The quantitative estimate of drug-likeness (QED) is 0.880. The van der Waals surface area contributed by atoms with Crippen LogP contribution in [0, 0.1) is 0 Å². The molecule has 22 heavy (non-hydrogen) atoms. The second kappa shape index (κ2) is 7.04. The van der Waals surface area contributed by atoms with Crippen LogP contribution < -0.4 is 5.32 Å². The fourth-order valence-corrected chi connectivity index (χ4v) is 2.24. The van der Waals surface area contributed by atoms with E-state index in [-0.39, 0.29) is 17.6 Å². The van der Waals surface area contributed by atoms with E-state index >= 15 is 0 Å². The molecule has 1 N–H and O–H groups in total. The number of halogens is 1. The zero-order valence-corrected chi connectivity index (χ0v) is 12.9. The Morgan fingerprint density at radius 2 is 1.95 bits per heavy atom. The first-order valence-corrected chi connectivity index (χ1v) is 7.00. The summed E-state index contributed by atoms with van der Waals surface area (Å²) in [6.07, 6.45) is 1.33. The van der Waals surface area contributed by atoms with E-state index < -0.39 is 5.97 Å². The van der Waals surface area contributed by atoms with Gasteiger partial charge < -0.3 is 10.1 Å². The number of pyridine rings is 1. The van der Waals surface area contributed by atoms with Crippen molar-refractivity contribution in [1.82, 2.24) is 10.3 Å². The molecule has 2 rings (SSSR count). The van der Waals surface area contributed by atoms with E-state index in [1.807, 2.05) is 25.1 Å². The summed E-state index contributed by atoms with van der Waals surface area (Å²) >= 11 is 6.11. The van der Waals surface area contributed by atoms with Crippen molar-refractivity contribution >= 4 is 23.5 Å². The van der Waals surface area contributed by atoms with E-state index in [1.54, 1.807) is 6.07 Å². The van der Waals surface area contributed by atoms with Crippen LogP contribution >= 0.6 is 11.6 Å². The first kappa shape index (κ1) is 16.0. The SMILES string of the molecule is COC(=O)c1ccc(C(=O)NC(C)c2ccccc2Cl)cn1. The Hall–Kier alpha value is -2.40. The topological polar surface area (TPSA) is 68.3 Å². The van der Waals surface area contributed by atoms with E-state index in [1.165, 1.54) is 25.4 Å². The number of nitrogens with one attached hydrogen (secondary N) is 1. The maximum Gasteiger partial charge on any atom is 0.356 e. The number of carbonyl (C=O) groups is 2. The van der Waals surface area contributed by atoms with Crippen molar-refractivity contribution in [2.45, 2.75) is 13.0 Å².